The zero-order chi connectivity index (χ0) is 42.0. The zero-order valence-electron chi connectivity index (χ0n) is 33.2. The summed E-state index contributed by atoms with van der Waals surface area (Å²) in [4.78, 5) is 39.8. The van der Waals surface area contributed by atoms with Crippen molar-refractivity contribution < 1.29 is 42.0 Å². The lowest BCUT2D eigenvalue weighted by atomic mass is 10.1. The van der Waals surface area contributed by atoms with E-state index in [9.17, 15) is 14.8 Å². The molecule has 9 atom stereocenters. The molecule has 0 bridgehead atoms. The Hall–Kier alpha value is -2.90. The largest absolute Gasteiger partial charge is 0.521 e. The Morgan fingerprint density at radius 1 is 1.10 bits per heavy atom. The summed E-state index contributed by atoms with van der Waals surface area (Å²) in [5.74, 6) is 0.244. The van der Waals surface area contributed by atoms with E-state index in [0.717, 1.165) is 11.1 Å². The third-order valence-electron chi connectivity index (χ3n) is 10.2. The molecule has 0 saturated carbocycles. The van der Waals surface area contributed by atoms with Gasteiger partial charge in [-0.3, -0.25) is 18.3 Å². The minimum atomic E-state index is -4.16. The molecular weight excluding hydrogens is 847 g/mol. The quantitative estimate of drug-likeness (QED) is 0.0469. The highest BCUT2D eigenvalue weighted by Crippen LogP contribution is 2.52. The van der Waals surface area contributed by atoms with E-state index >= 15 is 0 Å². The standard InChI is InChI=1S/C35H48N8O10P2S2Si/c1-35(2,3)58(6,7)53-30-27(20-48-54(56)47-18-8-12-36)51-33(43-16-11-28(45)41-17-14-38-34(41)43)31(30)52-55(46,57)49-21-26-25(44)19-29(50-26)42-15-10-23-24(39-22-40(4)5)9-13-37-32(23)42/h9-11,13-17,22,25-27,29-31,33,44H,8,18-21H2,1-7H3/p+1/t25-,26+,27+,29+,30?,31+,33+,55?/m0/s1. The first-order valence-electron chi connectivity index (χ1n) is 18.5. The van der Waals surface area contributed by atoms with Crippen molar-refractivity contribution in [2.45, 2.75) is 94.7 Å². The van der Waals surface area contributed by atoms with Gasteiger partial charge in [0.2, 0.25) is 17.6 Å². The Balaban J connectivity index is 1.25. The second kappa shape index (κ2) is 18.4. The third-order valence-corrected chi connectivity index (χ3v) is 17.6. The Morgan fingerprint density at radius 3 is 2.59 bits per heavy atom. The van der Waals surface area contributed by atoms with Gasteiger partial charge in [0, 0.05) is 63.0 Å². The monoisotopic (exact) mass is 895 g/mol. The van der Waals surface area contributed by atoms with E-state index in [-0.39, 0.29) is 49.0 Å². The van der Waals surface area contributed by atoms with Crippen LogP contribution in [-0.4, -0.2) is 117 Å². The van der Waals surface area contributed by atoms with E-state index in [1.165, 1.54) is 29.1 Å². The molecule has 4 aromatic heterocycles. The third kappa shape index (κ3) is 10.2. The first-order chi connectivity index (χ1) is 27.4. The molecule has 18 nitrogen and oxygen atoms in total. The number of nitriles is 1. The number of ether oxygens (including phenoxy) is 2. The van der Waals surface area contributed by atoms with Crippen LogP contribution in [0.4, 0.5) is 5.69 Å². The summed E-state index contributed by atoms with van der Waals surface area (Å²) in [5.41, 5.74) is 1.05. The average Bonchev–Trinajstić information content (AvgIpc) is 3.95. The van der Waals surface area contributed by atoms with Crippen LogP contribution >= 0.6 is 13.9 Å². The molecule has 0 amide bonds. The average molecular weight is 896 g/mol. The summed E-state index contributed by atoms with van der Waals surface area (Å²) in [6.45, 7) is 5.95. The van der Waals surface area contributed by atoms with Crippen LogP contribution in [0.2, 0.25) is 18.1 Å². The van der Waals surface area contributed by atoms with Crippen LogP contribution in [0.5, 0.6) is 0 Å². The van der Waals surface area contributed by atoms with Crippen LogP contribution in [0.3, 0.4) is 0 Å². The fourth-order valence-electron chi connectivity index (χ4n) is 6.28. The topological polar surface area (TPSA) is 202 Å². The van der Waals surface area contributed by atoms with Gasteiger partial charge < -0.3 is 37.9 Å². The van der Waals surface area contributed by atoms with Crippen LogP contribution in [0.25, 0.3) is 16.8 Å². The molecule has 2 saturated heterocycles. The number of pyridine rings is 1. The van der Waals surface area contributed by atoms with Crippen molar-refractivity contribution in [2.75, 3.05) is 33.9 Å². The van der Waals surface area contributed by atoms with Crippen molar-refractivity contribution in [1.82, 2.24) is 28.4 Å². The lowest BCUT2D eigenvalue weighted by Crippen LogP contribution is -2.50. The Morgan fingerprint density at radius 2 is 1.86 bits per heavy atom. The van der Waals surface area contributed by atoms with Gasteiger partial charge in [-0.05, 0) is 42.1 Å². The smallest absolute Gasteiger partial charge is 0.408 e. The zero-order valence-corrected chi connectivity index (χ0v) is 37.6. The minimum absolute atomic E-state index is 0.0899. The van der Waals surface area contributed by atoms with E-state index in [1.807, 2.05) is 48.0 Å². The summed E-state index contributed by atoms with van der Waals surface area (Å²) < 4.78 is 48.4. The number of fused-ring (bicyclic) bond motifs is 2. The van der Waals surface area contributed by atoms with Gasteiger partial charge in [0.15, 0.2) is 14.5 Å². The maximum atomic E-state index is 12.7. The summed E-state index contributed by atoms with van der Waals surface area (Å²) in [7, 11) is -0.640. The fourth-order valence-corrected chi connectivity index (χ4v) is 10.00. The fraction of sp³-hybridized carbons (Fsp3) is 0.571. The number of imidazole rings is 1. The van der Waals surface area contributed by atoms with Gasteiger partial charge in [-0.2, -0.15) is 5.26 Å². The molecule has 2 N–H and O–H groups in total. The van der Waals surface area contributed by atoms with Gasteiger partial charge in [-0.1, -0.05) is 20.8 Å². The second-order valence-corrected chi connectivity index (χ2v) is 25.0. The van der Waals surface area contributed by atoms with E-state index < -0.39 is 65.2 Å². The first-order valence-corrected chi connectivity index (χ1v) is 26.2. The number of rotatable bonds is 17. The van der Waals surface area contributed by atoms with Gasteiger partial charge in [0.05, 0.1) is 37.2 Å². The number of hydrogen-bond acceptors (Lipinski definition) is 15. The maximum absolute atomic E-state index is 12.7. The molecule has 23 heteroatoms. The second-order valence-electron chi connectivity index (χ2n) is 15.6. The Kier molecular flexibility index (Phi) is 14.1. The first kappa shape index (κ1) is 44.6. The Labute approximate surface area is 348 Å². The van der Waals surface area contributed by atoms with Crippen LogP contribution in [0.15, 0.2) is 59.0 Å². The molecule has 4 aromatic rings. The molecule has 0 aromatic carbocycles. The van der Waals surface area contributed by atoms with E-state index in [1.54, 1.807) is 17.1 Å². The highest BCUT2D eigenvalue weighted by Gasteiger charge is 2.54. The van der Waals surface area contributed by atoms with Crippen molar-refractivity contribution in [3.8, 4) is 6.07 Å². The predicted octanol–water partition coefficient (Wildman–Crippen LogP) is 5.04. The Bertz CT molecular complexity index is 2280. The van der Waals surface area contributed by atoms with Crippen molar-refractivity contribution in [3.63, 3.8) is 0 Å². The van der Waals surface area contributed by atoms with Gasteiger partial charge >= 0.3 is 13.9 Å². The molecule has 6 heterocycles. The number of hydrogen-bond donors (Lipinski definition) is 2. The molecule has 314 valence electrons. The van der Waals surface area contributed by atoms with Crippen molar-refractivity contribution in [2.24, 2.45) is 4.99 Å². The van der Waals surface area contributed by atoms with Crippen LogP contribution < -0.4 is 5.56 Å². The van der Waals surface area contributed by atoms with Crippen molar-refractivity contribution in [1.29, 1.82) is 5.26 Å². The molecule has 0 radical (unpaired) electrons. The molecule has 58 heavy (non-hydrogen) atoms. The number of aromatic nitrogens is 5. The molecular formula is C35H49N8O10P2S2Si+. The summed E-state index contributed by atoms with van der Waals surface area (Å²) in [6, 6.07) is 7.08. The summed E-state index contributed by atoms with van der Waals surface area (Å²) >= 11 is 11.0. The molecule has 0 spiro atoms. The van der Waals surface area contributed by atoms with E-state index in [0.29, 0.717) is 5.65 Å². The van der Waals surface area contributed by atoms with E-state index in [4.69, 9.17) is 60.9 Å². The number of aliphatic imine (C=N–C) groups is 1. The van der Waals surface area contributed by atoms with Gasteiger partial charge in [-0.15, -0.1) is 9.05 Å². The van der Waals surface area contributed by atoms with Gasteiger partial charge in [0.1, 0.15) is 49.5 Å². The molecule has 3 unspecified atom stereocenters. The van der Waals surface area contributed by atoms with Crippen molar-refractivity contribution >= 4 is 74.6 Å². The molecule has 2 fully saturated rings. The van der Waals surface area contributed by atoms with E-state index in [2.05, 4.69) is 48.8 Å². The van der Waals surface area contributed by atoms with Gasteiger partial charge in [0.25, 0.3) is 5.56 Å². The highest BCUT2D eigenvalue weighted by atomic mass is 32.5. The SMILES string of the molecule is CN(C)C=Nc1ccnc2c1ccn2[C@H]1C[C@H](O)[C@@H](COP(O)(=S)O[C@@H]2C(O[Si](C)(C)C(C)(C)C)[C@@H](CO[P+](=S)OCCC#N)O[C@H]2n2ccc(=O)n3ccnc23)O1. The minimum Gasteiger partial charge on any atom is -0.408 e. The van der Waals surface area contributed by atoms with Crippen molar-refractivity contribution in [3.05, 3.63) is 59.5 Å². The number of nitrogens with zero attached hydrogens (tertiary/aromatic N) is 8. The molecule has 2 aliphatic heterocycles. The lowest BCUT2D eigenvalue weighted by molar-refractivity contribution is -0.0531. The summed E-state index contributed by atoms with van der Waals surface area (Å²) in [5, 5.41) is 20.6. The van der Waals surface area contributed by atoms with Crippen LogP contribution in [-0.2, 0) is 55.6 Å². The van der Waals surface area contributed by atoms with Crippen LogP contribution in [0, 0.1) is 11.3 Å². The summed E-state index contributed by atoms with van der Waals surface area (Å²) in [6.07, 6.45) is 3.76. The predicted molar refractivity (Wildman–Crippen MR) is 225 cm³/mol. The number of aliphatic hydroxyl groups is 1. The lowest BCUT2D eigenvalue weighted by Gasteiger charge is -2.40. The maximum Gasteiger partial charge on any atom is 0.521 e. The highest BCUT2D eigenvalue weighted by molar-refractivity contribution is 8.07. The number of aliphatic hydroxyl groups excluding tert-OH is 1. The van der Waals surface area contributed by atoms with Crippen LogP contribution in [0.1, 0.15) is 46.1 Å². The molecule has 6 rings (SSSR count). The normalized spacial score (nSPS) is 25.4. The molecule has 0 aliphatic carbocycles. The molecule has 2 aliphatic rings. The van der Waals surface area contributed by atoms with Gasteiger partial charge in [-0.25, -0.2) is 15.0 Å².